The molecule has 1 aliphatic heterocycles. The summed E-state index contributed by atoms with van der Waals surface area (Å²) in [6.45, 7) is 6.55. The standard InChI is InChI=1S/C20H22N2O5/c1-4-13-5-12-6-19(27-10-11(2)3)18(24)7-14(12)16-8-17(23)15(9-22(13)16)20(25)21-26/h6-9,11,13,24H,4-5,10H2,1-3H3. The number of phenols is 1. The molecule has 1 aromatic heterocycles. The summed E-state index contributed by atoms with van der Waals surface area (Å²) in [5.74, 6) is -0.329. The normalized spacial score (nSPS) is 15.2. The van der Waals surface area contributed by atoms with Gasteiger partial charge in [-0.3, -0.25) is 9.59 Å². The third-order valence-electron chi connectivity index (χ3n) is 4.75. The molecule has 2 heterocycles. The van der Waals surface area contributed by atoms with E-state index in [1.165, 1.54) is 12.3 Å². The smallest absolute Gasteiger partial charge is 0.322 e. The summed E-state index contributed by atoms with van der Waals surface area (Å²) in [5, 5.41) is 12.7. The highest BCUT2D eigenvalue weighted by atomic mass is 16.5. The summed E-state index contributed by atoms with van der Waals surface area (Å²) < 4.78 is 7.52. The predicted molar refractivity (Wildman–Crippen MR) is 101 cm³/mol. The van der Waals surface area contributed by atoms with Gasteiger partial charge in [0.15, 0.2) is 16.9 Å². The second kappa shape index (κ2) is 7.34. The first-order valence-electron chi connectivity index (χ1n) is 8.98. The molecule has 0 radical (unpaired) electrons. The van der Waals surface area contributed by atoms with Crippen molar-refractivity contribution in [2.24, 2.45) is 11.1 Å². The van der Waals surface area contributed by atoms with Gasteiger partial charge in [0, 0.05) is 29.0 Å². The maximum absolute atomic E-state index is 12.3. The molecule has 0 bridgehead atoms. The highest BCUT2D eigenvalue weighted by Crippen LogP contribution is 2.41. The lowest BCUT2D eigenvalue weighted by atomic mass is 9.90. The van der Waals surface area contributed by atoms with E-state index in [1.54, 1.807) is 6.07 Å². The van der Waals surface area contributed by atoms with Crippen LogP contribution in [0.2, 0.25) is 0 Å². The van der Waals surface area contributed by atoms with Gasteiger partial charge in [0.1, 0.15) is 5.56 Å². The van der Waals surface area contributed by atoms with Crippen LogP contribution in [0.15, 0.2) is 34.4 Å². The van der Waals surface area contributed by atoms with E-state index < -0.39 is 11.3 Å². The molecule has 0 aliphatic carbocycles. The zero-order chi connectivity index (χ0) is 19.7. The minimum atomic E-state index is -1.07. The van der Waals surface area contributed by atoms with Gasteiger partial charge in [0.2, 0.25) is 0 Å². The minimum absolute atomic E-state index is 0.00180. The molecule has 1 aromatic carbocycles. The molecule has 1 unspecified atom stereocenters. The Hall–Kier alpha value is -2.96. The van der Waals surface area contributed by atoms with Gasteiger partial charge in [-0.1, -0.05) is 20.8 Å². The lowest BCUT2D eigenvalue weighted by Crippen LogP contribution is -2.25. The number of fused-ring (bicyclic) bond motifs is 3. The molecule has 0 saturated heterocycles. The number of rotatable bonds is 5. The van der Waals surface area contributed by atoms with Crippen molar-refractivity contribution >= 4 is 5.91 Å². The Labute approximate surface area is 156 Å². The van der Waals surface area contributed by atoms with Gasteiger partial charge < -0.3 is 14.4 Å². The number of carbonyl (C=O) groups excluding carboxylic acids is 1. The summed E-state index contributed by atoms with van der Waals surface area (Å²) in [6, 6.07) is 4.73. The second-order valence-electron chi connectivity index (χ2n) is 7.19. The Bertz CT molecular complexity index is 962. The Kier molecular flexibility index (Phi) is 5.12. The van der Waals surface area contributed by atoms with Crippen molar-refractivity contribution in [1.29, 1.82) is 0 Å². The Morgan fingerprint density at radius 3 is 2.74 bits per heavy atom. The van der Waals surface area contributed by atoms with E-state index in [0.29, 0.717) is 36.0 Å². The van der Waals surface area contributed by atoms with Gasteiger partial charge in [-0.2, -0.15) is 0 Å². The number of hydrogen-bond acceptors (Lipinski definition) is 5. The van der Waals surface area contributed by atoms with Gasteiger partial charge >= 0.3 is 5.91 Å². The third-order valence-corrected chi connectivity index (χ3v) is 4.75. The van der Waals surface area contributed by atoms with Gasteiger partial charge in [0.05, 0.1) is 12.3 Å². The highest BCUT2D eigenvalue weighted by molar-refractivity contribution is 5.94. The largest absolute Gasteiger partial charge is 0.504 e. The van der Waals surface area contributed by atoms with Crippen LogP contribution in [-0.2, 0) is 6.42 Å². The van der Waals surface area contributed by atoms with E-state index in [9.17, 15) is 19.6 Å². The van der Waals surface area contributed by atoms with Crippen molar-refractivity contribution in [3.05, 3.63) is 50.7 Å². The number of aromatic nitrogens is 1. The number of phenolic OH excluding ortho intramolecular Hbond substituents is 1. The number of pyridine rings is 1. The SMILES string of the molecule is CCC1Cc2cc(OCC(C)C)c(O)cc2-c2cc(=O)c(C(=O)N=O)cn21. The molecule has 142 valence electrons. The fraction of sp³-hybridized carbons (Fsp3) is 0.400. The summed E-state index contributed by atoms with van der Waals surface area (Å²) in [7, 11) is 0. The van der Waals surface area contributed by atoms with Crippen molar-refractivity contribution in [3.8, 4) is 22.8 Å². The highest BCUT2D eigenvalue weighted by Gasteiger charge is 2.27. The maximum atomic E-state index is 12.3. The topological polar surface area (TPSA) is 98.0 Å². The fourth-order valence-electron chi connectivity index (χ4n) is 3.36. The van der Waals surface area contributed by atoms with Crippen LogP contribution >= 0.6 is 0 Å². The second-order valence-corrected chi connectivity index (χ2v) is 7.19. The molecule has 27 heavy (non-hydrogen) atoms. The summed E-state index contributed by atoms with van der Waals surface area (Å²) in [6.07, 6.45) is 2.82. The van der Waals surface area contributed by atoms with E-state index in [-0.39, 0.29) is 17.4 Å². The molecule has 1 atom stereocenters. The Morgan fingerprint density at radius 2 is 2.11 bits per heavy atom. The first kappa shape index (κ1) is 18.8. The number of carbonyl (C=O) groups is 1. The molecular formula is C20H22N2O5. The maximum Gasteiger partial charge on any atom is 0.322 e. The van der Waals surface area contributed by atoms with Crippen LogP contribution in [0.1, 0.15) is 49.2 Å². The molecule has 1 aliphatic rings. The van der Waals surface area contributed by atoms with Crippen molar-refractivity contribution < 1.29 is 14.6 Å². The van der Waals surface area contributed by atoms with Crippen molar-refractivity contribution in [1.82, 2.24) is 4.57 Å². The molecule has 3 rings (SSSR count). The molecule has 2 aromatic rings. The van der Waals surface area contributed by atoms with Gasteiger partial charge in [-0.15, -0.1) is 4.91 Å². The Balaban J connectivity index is 2.14. The van der Waals surface area contributed by atoms with Crippen molar-refractivity contribution in [3.63, 3.8) is 0 Å². The fourth-order valence-corrected chi connectivity index (χ4v) is 3.36. The molecule has 7 nitrogen and oxygen atoms in total. The average Bonchev–Trinajstić information content (AvgIpc) is 2.64. The van der Waals surface area contributed by atoms with Crippen LogP contribution < -0.4 is 10.2 Å². The average molecular weight is 370 g/mol. The first-order valence-corrected chi connectivity index (χ1v) is 8.98. The summed E-state index contributed by atoms with van der Waals surface area (Å²) in [5.41, 5.74) is 1.47. The molecule has 0 spiro atoms. The van der Waals surface area contributed by atoms with E-state index in [0.717, 1.165) is 12.0 Å². The number of amides is 1. The van der Waals surface area contributed by atoms with Crippen LogP contribution in [0, 0.1) is 10.8 Å². The number of hydrogen-bond donors (Lipinski definition) is 1. The van der Waals surface area contributed by atoms with Crippen molar-refractivity contribution in [2.45, 2.75) is 39.7 Å². The Morgan fingerprint density at radius 1 is 1.37 bits per heavy atom. The third kappa shape index (κ3) is 3.49. The van der Waals surface area contributed by atoms with E-state index >= 15 is 0 Å². The van der Waals surface area contributed by atoms with Crippen LogP contribution in [0.3, 0.4) is 0 Å². The minimum Gasteiger partial charge on any atom is -0.504 e. The zero-order valence-electron chi connectivity index (χ0n) is 15.6. The number of nitrogens with zero attached hydrogens (tertiary/aromatic N) is 2. The van der Waals surface area contributed by atoms with E-state index in [1.807, 2.05) is 31.4 Å². The van der Waals surface area contributed by atoms with Crippen LogP contribution in [0.25, 0.3) is 11.3 Å². The van der Waals surface area contributed by atoms with Crippen molar-refractivity contribution in [2.75, 3.05) is 6.61 Å². The predicted octanol–water partition coefficient (Wildman–Crippen LogP) is 3.67. The first-order chi connectivity index (χ1) is 12.8. The summed E-state index contributed by atoms with van der Waals surface area (Å²) >= 11 is 0. The molecule has 1 amide bonds. The van der Waals surface area contributed by atoms with Crippen LogP contribution in [-0.4, -0.2) is 22.2 Å². The molecule has 1 N–H and O–H groups in total. The summed E-state index contributed by atoms with van der Waals surface area (Å²) in [4.78, 5) is 34.5. The van der Waals surface area contributed by atoms with Gasteiger partial charge in [0.25, 0.3) is 0 Å². The zero-order valence-corrected chi connectivity index (χ0v) is 15.6. The van der Waals surface area contributed by atoms with E-state index in [4.69, 9.17) is 4.74 Å². The quantitative estimate of drug-likeness (QED) is 0.810. The lowest BCUT2D eigenvalue weighted by molar-refractivity contribution is 0.0999. The monoisotopic (exact) mass is 370 g/mol. The number of nitroso groups, excluding NO2 is 1. The number of benzene rings is 1. The lowest BCUT2D eigenvalue weighted by Gasteiger charge is -2.30. The van der Waals surface area contributed by atoms with Crippen LogP contribution in [0.4, 0.5) is 0 Å². The molecule has 7 heteroatoms. The molecule has 0 saturated carbocycles. The van der Waals surface area contributed by atoms with Crippen LogP contribution in [0.5, 0.6) is 11.5 Å². The van der Waals surface area contributed by atoms with Gasteiger partial charge in [-0.05, 0) is 36.5 Å². The van der Waals surface area contributed by atoms with Gasteiger partial charge in [-0.25, -0.2) is 0 Å². The van der Waals surface area contributed by atoms with E-state index in [2.05, 4.69) is 5.18 Å². The number of ether oxygens (including phenoxy) is 1. The molecule has 0 fully saturated rings. The molecular weight excluding hydrogens is 348 g/mol. The number of aromatic hydroxyl groups is 1.